The van der Waals surface area contributed by atoms with E-state index in [1.807, 2.05) is 0 Å². The number of fused-ring (bicyclic) bond motifs is 1. The molecule has 31 heavy (non-hydrogen) atoms. The Balaban J connectivity index is 1.61. The summed E-state index contributed by atoms with van der Waals surface area (Å²) in [7, 11) is 0. The van der Waals surface area contributed by atoms with Gasteiger partial charge in [-0.05, 0) is 43.7 Å². The minimum atomic E-state index is -0.845. The molecule has 0 spiro atoms. The number of carbonyl (C=O) groups is 3. The second kappa shape index (κ2) is 7.66. The van der Waals surface area contributed by atoms with E-state index < -0.39 is 18.0 Å². The molecule has 2 aromatic rings. The van der Waals surface area contributed by atoms with Crippen molar-refractivity contribution >= 4 is 35.1 Å². The molecule has 0 saturated carbocycles. The standard InChI is InChI=1S/C22H23FN4O4/c1-10-17(7-15-14-6-13(23)4-5-16(14)25-21(15)30)24-11(2)20(10)22(31)26-18-8-27(12(3)28)9-19(18)29/h4-7,18-19,24,29H,8-9H2,1-3H3,(H,25,30)(H,26,31). The van der Waals surface area contributed by atoms with Gasteiger partial charge in [0.05, 0.1) is 23.3 Å². The Hall–Kier alpha value is -3.46. The number of aromatic nitrogens is 1. The average molecular weight is 426 g/mol. The highest BCUT2D eigenvalue weighted by Gasteiger charge is 2.34. The molecule has 1 saturated heterocycles. The first-order chi connectivity index (χ1) is 14.7. The van der Waals surface area contributed by atoms with Crippen molar-refractivity contribution in [1.82, 2.24) is 15.2 Å². The van der Waals surface area contributed by atoms with Crippen molar-refractivity contribution in [3.05, 3.63) is 52.1 Å². The molecule has 1 aromatic heterocycles. The molecule has 4 rings (SSSR count). The number of hydrogen-bond acceptors (Lipinski definition) is 4. The van der Waals surface area contributed by atoms with Crippen LogP contribution in [-0.4, -0.2) is 57.9 Å². The van der Waals surface area contributed by atoms with Crippen LogP contribution < -0.4 is 10.6 Å². The summed E-state index contributed by atoms with van der Waals surface area (Å²) in [4.78, 5) is 41.4. The fraction of sp³-hybridized carbons (Fsp3) is 0.318. The highest BCUT2D eigenvalue weighted by atomic mass is 19.1. The van der Waals surface area contributed by atoms with Crippen LogP contribution in [0.5, 0.6) is 0 Å². The van der Waals surface area contributed by atoms with Gasteiger partial charge in [-0.3, -0.25) is 14.4 Å². The topological polar surface area (TPSA) is 115 Å². The average Bonchev–Trinajstić information content (AvgIpc) is 3.30. The molecule has 2 unspecified atom stereocenters. The molecule has 0 aliphatic carbocycles. The number of anilines is 1. The molecular weight excluding hydrogens is 403 g/mol. The Morgan fingerprint density at radius 1 is 1.29 bits per heavy atom. The van der Waals surface area contributed by atoms with E-state index in [-0.39, 0.29) is 30.8 Å². The SMILES string of the molecule is CC(=O)N1CC(O)C(NC(=O)c2c(C)[nH]c(C=C3C(=O)Nc4ccc(F)cc43)c2C)C1. The number of hydrogen-bond donors (Lipinski definition) is 4. The van der Waals surface area contributed by atoms with Crippen molar-refractivity contribution in [3.63, 3.8) is 0 Å². The molecule has 162 valence electrons. The lowest BCUT2D eigenvalue weighted by Crippen LogP contribution is -2.43. The van der Waals surface area contributed by atoms with Crippen molar-refractivity contribution in [2.45, 2.75) is 32.9 Å². The number of aliphatic hydroxyl groups excluding tert-OH is 1. The summed E-state index contributed by atoms with van der Waals surface area (Å²) in [5.41, 5.74) is 3.46. The monoisotopic (exact) mass is 426 g/mol. The first-order valence-electron chi connectivity index (χ1n) is 9.92. The lowest BCUT2D eigenvalue weighted by Gasteiger charge is -2.16. The van der Waals surface area contributed by atoms with Crippen LogP contribution in [0.15, 0.2) is 18.2 Å². The number of aryl methyl sites for hydroxylation is 1. The molecule has 4 N–H and O–H groups in total. The van der Waals surface area contributed by atoms with Gasteiger partial charge in [0.15, 0.2) is 0 Å². The highest BCUT2D eigenvalue weighted by molar-refractivity contribution is 6.34. The van der Waals surface area contributed by atoms with E-state index >= 15 is 0 Å². The quantitative estimate of drug-likeness (QED) is 0.558. The molecule has 9 heteroatoms. The van der Waals surface area contributed by atoms with E-state index in [2.05, 4.69) is 15.6 Å². The number of H-pyrrole nitrogens is 1. The molecule has 0 radical (unpaired) electrons. The first kappa shape index (κ1) is 20.8. The third kappa shape index (κ3) is 3.72. The van der Waals surface area contributed by atoms with Crippen molar-refractivity contribution in [1.29, 1.82) is 0 Å². The molecule has 1 aromatic carbocycles. The minimum absolute atomic E-state index is 0.162. The zero-order valence-electron chi connectivity index (χ0n) is 17.4. The molecule has 2 aliphatic rings. The van der Waals surface area contributed by atoms with Crippen molar-refractivity contribution in [2.75, 3.05) is 18.4 Å². The van der Waals surface area contributed by atoms with E-state index in [4.69, 9.17) is 0 Å². The lowest BCUT2D eigenvalue weighted by molar-refractivity contribution is -0.128. The highest BCUT2D eigenvalue weighted by Crippen LogP contribution is 2.34. The first-order valence-corrected chi connectivity index (χ1v) is 9.92. The van der Waals surface area contributed by atoms with E-state index in [1.54, 1.807) is 19.9 Å². The summed E-state index contributed by atoms with van der Waals surface area (Å²) in [5.74, 6) is -1.34. The predicted molar refractivity (Wildman–Crippen MR) is 113 cm³/mol. The van der Waals surface area contributed by atoms with Crippen molar-refractivity contribution in [2.24, 2.45) is 0 Å². The number of benzene rings is 1. The maximum absolute atomic E-state index is 13.7. The molecular formula is C22H23FN4O4. The summed E-state index contributed by atoms with van der Waals surface area (Å²) in [6.07, 6.45) is 0.754. The van der Waals surface area contributed by atoms with Gasteiger partial charge in [-0.15, -0.1) is 0 Å². The van der Waals surface area contributed by atoms with E-state index in [1.165, 1.54) is 30.0 Å². The number of nitrogens with one attached hydrogen (secondary N) is 3. The summed E-state index contributed by atoms with van der Waals surface area (Å²) in [5, 5.41) is 15.7. The van der Waals surface area contributed by atoms with Crippen LogP contribution in [0.3, 0.4) is 0 Å². The maximum atomic E-state index is 13.7. The third-order valence-corrected chi connectivity index (χ3v) is 5.81. The van der Waals surface area contributed by atoms with Crippen LogP contribution in [0.4, 0.5) is 10.1 Å². The molecule has 3 amide bonds. The summed E-state index contributed by atoms with van der Waals surface area (Å²) in [6, 6.07) is 3.51. The third-order valence-electron chi connectivity index (χ3n) is 5.81. The Morgan fingerprint density at radius 3 is 2.71 bits per heavy atom. The number of likely N-dealkylation sites (tertiary alicyclic amines) is 1. The van der Waals surface area contributed by atoms with E-state index in [0.29, 0.717) is 39.3 Å². The molecule has 2 atom stereocenters. The van der Waals surface area contributed by atoms with Gasteiger partial charge in [0.25, 0.3) is 11.8 Å². The Bertz CT molecular complexity index is 1140. The number of halogens is 1. The van der Waals surface area contributed by atoms with Gasteiger partial charge in [-0.1, -0.05) is 0 Å². The van der Waals surface area contributed by atoms with E-state index in [0.717, 1.165) is 0 Å². The van der Waals surface area contributed by atoms with Crippen LogP contribution in [-0.2, 0) is 9.59 Å². The predicted octanol–water partition coefficient (Wildman–Crippen LogP) is 1.58. The summed E-state index contributed by atoms with van der Waals surface area (Å²) >= 11 is 0. The van der Waals surface area contributed by atoms with E-state index in [9.17, 15) is 23.9 Å². The smallest absolute Gasteiger partial charge is 0.256 e. The molecule has 1 fully saturated rings. The minimum Gasteiger partial charge on any atom is -0.389 e. The van der Waals surface area contributed by atoms with Gasteiger partial charge in [-0.2, -0.15) is 0 Å². The largest absolute Gasteiger partial charge is 0.389 e. The van der Waals surface area contributed by atoms with Crippen LogP contribution in [0.25, 0.3) is 11.6 Å². The number of rotatable bonds is 3. The Morgan fingerprint density at radius 2 is 2.03 bits per heavy atom. The van der Waals surface area contributed by atoms with Crippen LogP contribution >= 0.6 is 0 Å². The van der Waals surface area contributed by atoms with Gasteiger partial charge in [0.2, 0.25) is 5.91 Å². The van der Waals surface area contributed by atoms with Gasteiger partial charge in [0, 0.05) is 42.7 Å². The van der Waals surface area contributed by atoms with Gasteiger partial charge >= 0.3 is 0 Å². The van der Waals surface area contributed by atoms with Crippen molar-refractivity contribution < 1.29 is 23.9 Å². The molecule has 8 nitrogen and oxygen atoms in total. The fourth-order valence-corrected chi connectivity index (χ4v) is 4.13. The number of aliphatic hydroxyl groups is 1. The van der Waals surface area contributed by atoms with Gasteiger partial charge in [0.1, 0.15) is 5.82 Å². The van der Waals surface area contributed by atoms with Gasteiger partial charge in [-0.25, -0.2) is 4.39 Å². The zero-order chi connectivity index (χ0) is 22.4. The molecule has 2 aliphatic heterocycles. The number of β-amino-alcohol motifs (C(OH)–C–C–N with tert-alkyl or cyclic N) is 1. The van der Waals surface area contributed by atoms with Crippen LogP contribution in [0.2, 0.25) is 0 Å². The van der Waals surface area contributed by atoms with Gasteiger partial charge < -0.3 is 25.6 Å². The fourth-order valence-electron chi connectivity index (χ4n) is 4.13. The number of carbonyl (C=O) groups excluding carboxylic acids is 3. The lowest BCUT2D eigenvalue weighted by atomic mass is 10.0. The van der Waals surface area contributed by atoms with Crippen LogP contribution in [0.1, 0.15) is 39.8 Å². The Kier molecular flexibility index (Phi) is 5.14. The second-order valence-electron chi connectivity index (χ2n) is 7.94. The summed E-state index contributed by atoms with van der Waals surface area (Å²) < 4.78 is 13.7. The number of aromatic amines is 1. The number of amides is 3. The second-order valence-corrected chi connectivity index (χ2v) is 7.94. The maximum Gasteiger partial charge on any atom is 0.256 e. The molecule has 3 heterocycles. The number of nitrogens with zero attached hydrogens (tertiary/aromatic N) is 1. The normalized spacial score (nSPS) is 21.4. The van der Waals surface area contributed by atoms with Crippen molar-refractivity contribution in [3.8, 4) is 0 Å². The summed E-state index contributed by atoms with van der Waals surface area (Å²) in [6.45, 7) is 5.31. The zero-order valence-corrected chi connectivity index (χ0v) is 17.4. The Labute approximate surface area is 178 Å². The van der Waals surface area contributed by atoms with Crippen LogP contribution in [0, 0.1) is 19.7 Å². The molecule has 0 bridgehead atoms.